The SMILES string of the molecule is COc1ccc(NC(=S)Nc2nc3c(Cl)cccc3s2)cc1. The van der Waals surface area contributed by atoms with E-state index in [9.17, 15) is 0 Å². The second-order valence-electron chi connectivity index (χ2n) is 4.41. The van der Waals surface area contributed by atoms with E-state index in [1.54, 1.807) is 7.11 Å². The Kier molecular flexibility index (Phi) is 4.42. The van der Waals surface area contributed by atoms with Crippen LogP contribution in [0.25, 0.3) is 10.2 Å². The molecule has 4 nitrogen and oxygen atoms in total. The Labute approximate surface area is 142 Å². The number of thiazole rings is 1. The number of thiocarbonyl (C=S) groups is 1. The number of ether oxygens (including phenoxy) is 1. The van der Waals surface area contributed by atoms with Gasteiger partial charge in [-0.2, -0.15) is 0 Å². The minimum absolute atomic E-state index is 0.473. The van der Waals surface area contributed by atoms with Gasteiger partial charge >= 0.3 is 0 Å². The predicted molar refractivity (Wildman–Crippen MR) is 97.5 cm³/mol. The zero-order chi connectivity index (χ0) is 15.5. The van der Waals surface area contributed by atoms with Crippen LogP contribution in [0.4, 0.5) is 10.8 Å². The first-order valence-electron chi connectivity index (χ1n) is 6.43. The summed E-state index contributed by atoms with van der Waals surface area (Å²) in [5.41, 5.74) is 1.65. The Morgan fingerprint density at radius 2 is 1.95 bits per heavy atom. The second kappa shape index (κ2) is 6.48. The maximum absolute atomic E-state index is 6.12. The molecular formula is C15H12ClN3OS2. The number of aromatic nitrogens is 1. The summed E-state index contributed by atoms with van der Waals surface area (Å²) in [5.74, 6) is 0.797. The number of fused-ring (bicyclic) bond motifs is 1. The van der Waals surface area contributed by atoms with E-state index >= 15 is 0 Å². The highest BCUT2D eigenvalue weighted by atomic mass is 35.5. The van der Waals surface area contributed by atoms with Gasteiger partial charge in [0.05, 0.1) is 16.8 Å². The third-order valence-corrected chi connectivity index (χ3v) is 4.38. The molecule has 3 rings (SSSR count). The quantitative estimate of drug-likeness (QED) is 0.667. The molecule has 22 heavy (non-hydrogen) atoms. The highest BCUT2D eigenvalue weighted by Crippen LogP contribution is 2.30. The summed E-state index contributed by atoms with van der Waals surface area (Å²) in [6.07, 6.45) is 0. The van der Waals surface area contributed by atoms with E-state index in [1.807, 2.05) is 42.5 Å². The summed E-state index contributed by atoms with van der Waals surface area (Å²) in [5, 5.41) is 7.98. The zero-order valence-corrected chi connectivity index (χ0v) is 14.0. The Morgan fingerprint density at radius 3 is 2.64 bits per heavy atom. The first kappa shape index (κ1) is 15.0. The van der Waals surface area contributed by atoms with Crippen LogP contribution < -0.4 is 15.4 Å². The van der Waals surface area contributed by atoms with Gasteiger partial charge in [0.1, 0.15) is 11.3 Å². The molecule has 0 aliphatic heterocycles. The molecule has 1 heterocycles. The molecule has 0 saturated heterocycles. The van der Waals surface area contributed by atoms with Crippen LogP contribution in [0, 0.1) is 0 Å². The molecule has 0 unspecified atom stereocenters. The van der Waals surface area contributed by atoms with Gasteiger partial charge in [-0.3, -0.25) is 0 Å². The Hall–Kier alpha value is -1.89. The number of halogens is 1. The summed E-state index contributed by atoms with van der Waals surface area (Å²) in [6, 6.07) is 13.2. The third-order valence-electron chi connectivity index (χ3n) is 2.94. The van der Waals surface area contributed by atoms with E-state index in [2.05, 4.69) is 15.6 Å². The molecule has 0 spiro atoms. The zero-order valence-electron chi connectivity index (χ0n) is 11.6. The van der Waals surface area contributed by atoms with Crippen LogP contribution in [0.15, 0.2) is 42.5 Å². The van der Waals surface area contributed by atoms with Crippen molar-refractivity contribution in [1.29, 1.82) is 0 Å². The molecule has 0 amide bonds. The monoisotopic (exact) mass is 349 g/mol. The Balaban J connectivity index is 1.71. The van der Waals surface area contributed by atoms with Crippen molar-refractivity contribution in [3.8, 4) is 5.75 Å². The first-order valence-corrected chi connectivity index (χ1v) is 8.03. The summed E-state index contributed by atoms with van der Waals surface area (Å²) in [4.78, 5) is 4.45. The topological polar surface area (TPSA) is 46.2 Å². The molecule has 7 heteroatoms. The van der Waals surface area contributed by atoms with Crippen LogP contribution >= 0.6 is 35.2 Å². The van der Waals surface area contributed by atoms with Crippen LogP contribution in [0.3, 0.4) is 0 Å². The van der Waals surface area contributed by atoms with Crippen LogP contribution in [0.2, 0.25) is 5.02 Å². The molecule has 112 valence electrons. The average molecular weight is 350 g/mol. The fourth-order valence-electron chi connectivity index (χ4n) is 1.90. The highest BCUT2D eigenvalue weighted by Gasteiger charge is 2.08. The standard InChI is InChI=1S/C15H12ClN3OS2/c1-20-10-7-5-9(6-8-10)17-14(21)19-15-18-13-11(16)3-2-4-12(13)22-15/h2-8H,1H3,(H2,17,18,19,21). The Bertz CT molecular complexity index is 817. The number of anilines is 2. The summed E-state index contributed by atoms with van der Waals surface area (Å²) >= 11 is 12.9. The van der Waals surface area contributed by atoms with Gasteiger partial charge in [0.15, 0.2) is 10.2 Å². The van der Waals surface area contributed by atoms with Gasteiger partial charge in [-0.1, -0.05) is 29.0 Å². The lowest BCUT2D eigenvalue weighted by Crippen LogP contribution is -2.18. The fraction of sp³-hybridized carbons (Fsp3) is 0.0667. The summed E-state index contributed by atoms with van der Waals surface area (Å²) < 4.78 is 6.13. The molecule has 2 N–H and O–H groups in total. The fourth-order valence-corrected chi connectivity index (χ4v) is 3.35. The van der Waals surface area contributed by atoms with Crippen LogP contribution in [-0.2, 0) is 0 Å². The molecule has 0 bridgehead atoms. The van der Waals surface area contributed by atoms with Crippen molar-refractivity contribution in [2.75, 3.05) is 17.7 Å². The van der Waals surface area contributed by atoms with E-state index in [1.165, 1.54) is 11.3 Å². The van der Waals surface area contributed by atoms with Crippen LogP contribution in [0.1, 0.15) is 0 Å². The van der Waals surface area contributed by atoms with Gasteiger partial charge in [0.2, 0.25) is 0 Å². The number of hydrogen-bond acceptors (Lipinski definition) is 4. The number of nitrogens with zero attached hydrogens (tertiary/aromatic N) is 1. The molecule has 0 atom stereocenters. The number of methoxy groups -OCH3 is 1. The van der Waals surface area contributed by atoms with Crippen molar-refractivity contribution in [3.05, 3.63) is 47.5 Å². The molecule has 1 aromatic heterocycles. The van der Waals surface area contributed by atoms with Crippen molar-refractivity contribution >= 4 is 61.3 Å². The maximum Gasteiger partial charge on any atom is 0.190 e. The van der Waals surface area contributed by atoms with Gasteiger partial charge in [-0.15, -0.1) is 0 Å². The van der Waals surface area contributed by atoms with E-state index in [0.717, 1.165) is 21.7 Å². The molecule has 0 aliphatic carbocycles. The molecule has 0 radical (unpaired) electrons. The first-order chi connectivity index (χ1) is 10.7. The lowest BCUT2D eigenvalue weighted by molar-refractivity contribution is 0.415. The van der Waals surface area contributed by atoms with E-state index in [4.69, 9.17) is 28.6 Å². The average Bonchev–Trinajstić information content (AvgIpc) is 2.92. The van der Waals surface area contributed by atoms with Crippen molar-refractivity contribution in [2.24, 2.45) is 0 Å². The minimum Gasteiger partial charge on any atom is -0.497 e. The van der Waals surface area contributed by atoms with Crippen molar-refractivity contribution < 1.29 is 4.74 Å². The van der Waals surface area contributed by atoms with Gasteiger partial charge in [0, 0.05) is 5.69 Å². The number of nitrogens with one attached hydrogen (secondary N) is 2. The van der Waals surface area contributed by atoms with Gasteiger partial charge in [-0.05, 0) is 48.6 Å². The summed E-state index contributed by atoms with van der Waals surface area (Å²) in [6.45, 7) is 0. The second-order valence-corrected chi connectivity index (χ2v) is 6.26. The molecule has 3 aromatic rings. The number of hydrogen-bond donors (Lipinski definition) is 2. The van der Waals surface area contributed by atoms with Crippen molar-refractivity contribution in [3.63, 3.8) is 0 Å². The van der Waals surface area contributed by atoms with Crippen molar-refractivity contribution in [2.45, 2.75) is 0 Å². The van der Waals surface area contributed by atoms with Crippen molar-refractivity contribution in [1.82, 2.24) is 4.98 Å². The van der Waals surface area contributed by atoms with Gasteiger partial charge in [-0.25, -0.2) is 4.98 Å². The Morgan fingerprint density at radius 1 is 1.18 bits per heavy atom. The summed E-state index contributed by atoms with van der Waals surface area (Å²) in [7, 11) is 1.63. The van der Waals surface area contributed by atoms with Crippen LogP contribution in [-0.4, -0.2) is 17.2 Å². The van der Waals surface area contributed by atoms with Gasteiger partial charge in [0.25, 0.3) is 0 Å². The van der Waals surface area contributed by atoms with E-state index in [-0.39, 0.29) is 0 Å². The number of para-hydroxylation sites is 1. The molecule has 0 saturated carbocycles. The molecule has 0 fully saturated rings. The number of benzene rings is 2. The van der Waals surface area contributed by atoms with E-state index in [0.29, 0.717) is 15.3 Å². The minimum atomic E-state index is 0.473. The molecular weight excluding hydrogens is 338 g/mol. The molecule has 2 aromatic carbocycles. The predicted octanol–water partition coefficient (Wildman–Crippen LogP) is 4.77. The largest absolute Gasteiger partial charge is 0.497 e. The number of rotatable bonds is 3. The lowest BCUT2D eigenvalue weighted by Gasteiger charge is -2.08. The van der Waals surface area contributed by atoms with Crippen LogP contribution in [0.5, 0.6) is 5.75 Å². The van der Waals surface area contributed by atoms with Gasteiger partial charge < -0.3 is 15.4 Å². The van der Waals surface area contributed by atoms with E-state index < -0.39 is 0 Å². The smallest absolute Gasteiger partial charge is 0.190 e. The lowest BCUT2D eigenvalue weighted by atomic mass is 10.3. The maximum atomic E-state index is 6.12. The highest BCUT2D eigenvalue weighted by molar-refractivity contribution is 7.80. The third kappa shape index (κ3) is 3.30. The normalized spacial score (nSPS) is 10.5. The molecule has 0 aliphatic rings.